The summed E-state index contributed by atoms with van der Waals surface area (Å²) in [4.78, 5) is 22.1. The van der Waals surface area contributed by atoms with E-state index in [0.29, 0.717) is 5.56 Å². The second kappa shape index (κ2) is 5.95. The van der Waals surface area contributed by atoms with Gasteiger partial charge in [0.15, 0.2) is 0 Å². The monoisotopic (exact) mass is 252 g/mol. The SMILES string of the molecule is C=C(Cc1ccc(F)cc1OC(C)=O)C(=O)OC. The first kappa shape index (κ1) is 13.9. The number of hydrogen-bond donors (Lipinski definition) is 0. The summed E-state index contributed by atoms with van der Waals surface area (Å²) < 4.78 is 22.4. The molecule has 0 aromatic heterocycles. The molecule has 0 atom stereocenters. The molecule has 1 aromatic rings. The average molecular weight is 252 g/mol. The molecule has 1 aromatic carbocycles. The van der Waals surface area contributed by atoms with Crippen LogP contribution in [0.5, 0.6) is 5.75 Å². The van der Waals surface area contributed by atoms with E-state index in [1.807, 2.05) is 0 Å². The van der Waals surface area contributed by atoms with Crippen LogP contribution in [0.25, 0.3) is 0 Å². The summed E-state index contributed by atoms with van der Waals surface area (Å²) in [6.07, 6.45) is 0.121. The van der Waals surface area contributed by atoms with Crippen LogP contribution in [0.4, 0.5) is 4.39 Å². The molecule has 0 spiro atoms. The largest absolute Gasteiger partial charge is 0.466 e. The number of methoxy groups -OCH3 is 1. The normalized spacial score (nSPS) is 9.72. The Morgan fingerprint density at radius 3 is 2.61 bits per heavy atom. The van der Waals surface area contributed by atoms with E-state index in [1.165, 1.54) is 26.2 Å². The van der Waals surface area contributed by atoms with Crippen LogP contribution >= 0.6 is 0 Å². The molecule has 0 saturated carbocycles. The van der Waals surface area contributed by atoms with Crippen LogP contribution in [-0.2, 0) is 20.7 Å². The lowest BCUT2D eigenvalue weighted by Crippen LogP contribution is -2.09. The molecule has 4 nitrogen and oxygen atoms in total. The van der Waals surface area contributed by atoms with Crippen molar-refractivity contribution in [3.63, 3.8) is 0 Å². The zero-order valence-corrected chi connectivity index (χ0v) is 10.2. The number of carbonyl (C=O) groups excluding carboxylic acids is 2. The Morgan fingerprint density at radius 2 is 2.06 bits per heavy atom. The quantitative estimate of drug-likeness (QED) is 0.467. The van der Waals surface area contributed by atoms with Crippen LogP contribution in [0.3, 0.4) is 0 Å². The molecule has 0 unspecified atom stereocenters. The molecule has 0 heterocycles. The van der Waals surface area contributed by atoms with Crippen molar-refractivity contribution in [2.45, 2.75) is 13.3 Å². The van der Waals surface area contributed by atoms with E-state index in [9.17, 15) is 14.0 Å². The molecular formula is C13H13FO4. The van der Waals surface area contributed by atoms with E-state index in [0.717, 1.165) is 6.07 Å². The van der Waals surface area contributed by atoms with Gasteiger partial charge in [-0.2, -0.15) is 0 Å². The van der Waals surface area contributed by atoms with Gasteiger partial charge >= 0.3 is 11.9 Å². The maximum absolute atomic E-state index is 13.1. The van der Waals surface area contributed by atoms with Crippen LogP contribution in [0, 0.1) is 5.82 Å². The standard InChI is InChI=1S/C13H13FO4/c1-8(13(16)17-3)6-10-4-5-11(14)7-12(10)18-9(2)15/h4-5,7H,1,6H2,2-3H3. The fourth-order valence-electron chi connectivity index (χ4n) is 1.37. The van der Waals surface area contributed by atoms with Gasteiger partial charge in [0.05, 0.1) is 7.11 Å². The summed E-state index contributed by atoms with van der Waals surface area (Å²) in [5, 5.41) is 0. The van der Waals surface area contributed by atoms with E-state index in [1.54, 1.807) is 0 Å². The Morgan fingerprint density at radius 1 is 1.39 bits per heavy atom. The van der Waals surface area contributed by atoms with Crippen molar-refractivity contribution < 1.29 is 23.5 Å². The molecule has 18 heavy (non-hydrogen) atoms. The maximum Gasteiger partial charge on any atom is 0.333 e. The summed E-state index contributed by atoms with van der Waals surface area (Å²) in [5.41, 5.74) is 0.680. The number of halogens is 1. The van der Waals surface area contributed by atoms with Gasteiger partial charge in [0.25, 0.3) is 0 Å². The van der Waals surface area contributed by atoms with Gasteiger partial charge in [-0.15, -0.1) is 0 Å². The fourth-order valence-corrected chi connectivity index (χ4v) is 1.37. The van der Waals surface area contributed by atoms with Gasteiger partial charge in [0.1, 0.15) is 11.6 Å². The van der Waals surface area contributed by atoms with E-state index < -0.39 is 17.8 Å². The van der Waals surface area contributed by atoms with Crippen LogP contribution in [-0.4, -0.2) is 19.0 Å². The molecule has 0 bridgehead atoms. The lowest BCUT2D eigenvalue weighted by atomic mass is 10.1. The lowest BCUT2D eigenvalue weighted by molar-refractivity contribution is -0.136. The highest BCUT2D eigenvalue weighted by atomic mass is 19.1. The topological polar surface area (TPSA) is 52.6 Å². The first-order chi connectivity index (χ1) is 8.43. The highest BCUT2D eigenvalue weighted by Gasteiger charge is 2.13. The van der Waals surface area contributed by atoms with Gasteiger partial charge in [0.2, 0.25) is 0 Å². The lowest BCUT2D eigenvalue weighted by Gasteiger charge is -2.09. The number of carbonyl (C=O) groups is 2. The van der Waals surface area contributed by atoms with Crippen molar-refractivity contribution in [1.82, 2.24) is 0 Å². The molecule has 0 aliphatic heterocycles. The third kappa shape index (κ3) is 3.69. The molecule has 0 radical (unpaired) electrons. The molecule has 5 heteroatoms. The predicted molar refractivity (Wildman–Crippen MR) is 62.6 cm³/mol. The summed E-state index contributed by atoms with van der Waals surface area (Å²) in [5.74, 6) is -1.58. The van der Waals surface area contributed by atoms with Crippen molar-refractivity contribution >= 4 is 11.9 Å². The summed E-state index contributed by atoms with van der Waals surface area (Å²) in [7, 11) is 1.24. The maximum atomic E-state index is 13.1. The number of ether oxygens (including phenoxy) is 2. The number of benzene rings is 1. The third-order valence-corrected chi connectivity index (χ3v) is 2.16. The van der Waals surface area contributed by atoms with Gasteiger partial charge in [-0.1, -0.05) is 12.6 Å². The van der Waals surface area contributed by atoms with Gasteiger partial charge in [-0.3, -0.25) is 4.79 Å². The van der Waals surface area contributed by atoms with Crippen molar-refractivity contribution in [1.29, 1.82) is 0 Å². The molecule has 0 N–H and O–H groups in total. The summed E-state index contributed by atoms with van der Waals surface area (Å²) >= 11 is 0. The third-order valence-electron chi connectivity index (χ3n) is 2.16. The van der Waals surface area contributed by atoms with Gasteiger partial charge in [0, 0.05) is 25.0 Å². The van der Waals surface area contributed by atoms with E-state index >= 15 is 0 Å². The van der Waals surface area contributed by atoms with Crippen LogP contribution in [0.2, 0.25) is 0 Å². The van der Waals surface area contributed by atoms with Gasteiger partial charge in [-0.25, -0.2) is 9.18 Å². The number of rotatable bonds is 4. The average Bonchev–Trinajstić information content (AvgIpc) is 2.30. The molecule has 1 rings (SSSR count). The zero-order valence-electron chi connectivity index (χ0n) is 10.2. The minimum atomic E-state index is -0.564. The Bertz CT molecular complexity index is 494. The second-order valence-electron chi connectivity index (χ2n) is 3.62. The van der Waals surface area contributed by atoms with E-state index in [4.69, 9.17) is 4.74 Å². The van der Waals surface area contributed by atoms with Crippen LogP contribution in [0.1, 0.15) is 12.5 Å². The molecule has 0 aliphatic rings. The van der Waals surface area contributed by atoms with E-state index in [-0.39, 0.29) is 17.7 Å². The molecule has 96 valence electrons. The predicted octanol–water partition coefficient (Wildman–Crippen LogP) is 2.02. The highest BCUT2D eigenvalue weighted by Crippen LogP contribution is 2.23. The van der Waals surface area contributed by atoms with Gasteiger partial charge in [-0.05, 0) is 11.6 Å². The number of hydrogen-bond acceptors (Lipinski definition) is 4. The second-order valence-corrected chi connectivity index (χ2v) is 3.62. The number of esters is 2. The van der Waals surface area contributed by atoms with Crippen LogP contribution in [0.15, 0.2) is 30.4 Å². The fraction of sp³-hybridized carbons (Fsp3) is 0.231. The van der Waals surface area contributed by atoms with Crippen molar-refractivity contribution in [3.05, 3.63) is 41.7 Å². The highest BCUT2D eigenvalue weighted by molar-refractivity contribution is 5.88. The first-order valence-corrected chi connectivity index (χ1v) is 5.17. The minimum absolute atomic E-state index is 0.0764. The van der Waals surface area contributed by atoms with Gasteiger partial charge < -0.3 is 9.47 Å². The summed E-state index contributed by atoms with van der Waals surface area (Å²) in [6, 6.07) is 3.73. The Hall–Kier alpha value is -2.17. The van der Waals surface area contributed by atoms with E-state index in [2.05, 4.69) is 11.3 Å². The molecule has 0 fully saturated rings. The zero-order chi connectivity index (χ0) is 13.7. The Labute approximate surface area is 104 Å². The molecular weight excluding hydrogens is 239 g/mol. The minimum Gasteiger partial charge on any atom is -0.466 e. The molecule has 0 amide bonds. The van der Waals surface area contributed by atoms with Crippen molar-refractivity contribution in [3.8, 4) is 5.75 Å². The molecule has 0 aliphatic carbocycles. The van der Waals surface area contributed by atoms with Crippen molar-refractivity contribution in [2.24, 2.45) is 0 Å². The van der Waals surface area contributed by atoms with Crippen LogP contribution < -0.4 is 4.74 Å². The Balaban J connectivity index is 2.97. The smallest absolute Gasteiger partial charge is 0.333 e. The van der Waals surface area contributed by atoms with Crippen molar-refractivity contribution in [2.75, 3.05) is 7.11 Å². The first-order valence-electron chi connectivity index (χ1n) is 5.17. The summed E-state index contributed by atoms with van der Waals surface area (Å²) in [6.45, 7) is 4.77. The Kier molecular flexibility index (Phi) is 4.59. The molecule has 0 saturated heterocycles.